The largest absolute Gasteiger partial charge is 0.369 e. The number of hydrogen-bond donors (Lipinski definition) is 0. The molecule has 2 aromatic heterocycles. The number of benzene rings is 1. The molecule has 3 aromatic rings. The summed E-state index contributed by atoms with van der Waals surface area (Å²) in [5, 5.41) is 0.679. The Kier molecular flexibility index (Phi) is 5.09. The van der Waals surface area contributed by atoms with E-state index in [1.807, 2.05) is 51.4 Å². The van der Waals surface area contributed by atoms with E-state index in [4.69, 9.17) is 0 Å². The van der Waals surface area contributed by atoms with Crippen LogP contribution in [-0.2, 0) is 6.54 Å². The molecule has 4 rings (SSSR count). The van der Waals surface area contributed by atoms with Crippen molar-refractivity contribution in [1.82, 2.24) is 24.4 Å². The highest BCUT2D eigenvalue weighted by Crippen LogP contribution is 2.21. The minimum Gasteiger partial charge on any atom is -0.369 e. The number of nitrogens with zero attached hydrogens (tertiary/aromatic N) is 6. The van der Waals surface area contributed by atoms with Gasteiger partial charge in [-0.3, -0.25) is 14.3 Å². The van der Waals surface area contributed by atoms with Gasteiger partial charge in [0, 0.05) is 62.4 Å². The van der Waals surface area contributed by atoms with Crippen LogP contribution in [0.3, 0.4) is 0 Å². The summed E-state index contributed by atoms with van der Waals surface area (Å²) < 4.78 is 1.68. The molecule has 0 bridgehead atoms. The molecular formula is C21H26N6O. The molecule has 28 heavy (non-hydrogen) atoms. The van der Waals surface area contributed by atoms with Gasteiger partial charge >= 0.3 is 0 Å². The van der Waals surface area contributed by atoms with Gasteiger partial charge in [0.1, 0.15) is 5.82 Å². The molecule has 1 aliphatic rings. The third kappa shape index (κ3) is 3.75. The summed E-state index contributed by atoms with van der Waals surface area (Å²) in [5.41, 5.74) is 3.06. The summed E-state index contributed by atoms with van der Waals surface area (Å²) in [6.45, 7) is 10.6. The Morgan fingerprint density at radius 1 is 1.04 bits per heavy atom. The van der Waals surface area contributed by atoms with E-state index < -0.39 is 0 Å². The molecule has 0 saturated carbocycles. The lowest BCUT2D eigenvalue weighted by molar-refractivity contribution is 0.249. The minimum absolute atomic E-state index is 0.0247. The van der Waals surface area contributed by atoms with Crippen molar-refractivity contribution in [2.45, 2.75) is 33.4 Å². The zero-order valence-electron chi connectivity index (χ0n) is 16.7. The van der Waals surface area contributed by atoms with E-state index in [1.54, 1.807) is 10.9 Å². The molecule has 0 spiro atoms. The van der Waals surface area contributed by atoms with Gasteiger partial charge in [-0.15, -0.1) is 0 Å². The first-order valence-corrected chi connectivity index (χ1v) is 9.77. The van der Waals surface area contributed by atoms with Gasteiger partial charge in [0.2, 0.25) is 0 Å². The van der Waals surface area contributed by atoms with Crippen LogP contribution >= 0.6 is 0 Å². The molecule has 1 aromatic carbocycles. The van der Waals surface area contributed by atoms with Gasteiger partial charge in [-0.25, -0.2) is 15.0 Å². The average molecular weight is 378 g/mol. The van der Waals surface area contributed by atoms with Gasteiger partial charge in [-0.05, 0) is 39.0 Å². The minimum atomic E-state index is 0.0247. The van der Waals surface area contributed by atoms with Crippen LogP contribution in [0.4, 0.5) is 5.69 Å². The Bertz CT molecular complexity index is 1020. The summed E-state index contributed by atoms with van der Waals surface area (Å²) in [7, 11) is 0. The van der Waals surface area contributed by atoms with E-state index in [9.17, 15) is 4.79 Å². The van der Waals surface area contributed by atoms with Gasteiger partial charge in [-0.2, -0.15) is 0 Å². The summed E-state index contributed by atoms with van der Waals surface area (Å²) in [6.07, 6.45) is 5.47. The Morgan fingerprint density at radius 3 is 2.43 bits per heavy atom. The maximum atomic E-state index is 12.6. The molecule has 7 heteroatoms. The van der Waals surface area contributed by atoms with Crippen molar-refractivity contribution in [1.29, 1.82) is 0 Å². The van der Waals surface area contributed by atoms with E-state index in [0.29, 0.717) is 5.39 Å². The van der Waals surface area contributed by atoms with Crippen molar-refractivity contribution in [2.24, 2.45) is 0 Å². The molecule has 0 atom stereocenters. The molecule has 3 heterocycles. The Hall–Kier alpha value is -2.80. The van der Waals surface area contributed by atoms with Gasteiger partial charge in [0.15, 0.2) is 0 Å². The fourth-order valence-corrected chi connectivity index (χ4v) is 3.61. The fraction of sp³-hybridized carbons (Fsp3) is 0.429. The molecule has 0 unspecified atom stereocenters. The molecule has 0 aliphatic carbocycles. The first-order valence-electron chi connectivity index (χ1n) is 9.77. The highest BCUT2D eigenvalue weighted by atomic mass is 16.1. The lowest BCUT2D eigenvalue weighted by Crippen LogP contribution is -2.46. The molecule has 7 nitrogen and oxygen atoms in total. The highest BCUT2D eigenvalue weighted by Gasteiger charge is 2.18. The van der Waals surface area contributed by atoms with Crippen LogP contribution < -0.4 is 10.5 Å². The molecule has 1 fully saturated rings. The summed E-state index contributed by atoms with van der Waals surface area (Å²) in [6, 6.07) is 6.09. The fourth-order valence-electron chi connectivity index (χ4n) is 3.61. The number of anilines is 1. The van der Waals surface area contributed by atoms with E-state index in [2.05, 4.69) is 24.8 Å². The topological polar surface area (TPSA) is 67.2 Å². The van der Waals surface area contributed by atoms with Crippen LogP contribution in [0.2, 0.25) is 0 Å². The summed E-state index contributed by atoms with van der Waals surface area (Å²) >= 11 is 0. The van der Waals surface area contributed by atoms with Gasteiger partial charge < -0.3 is 4.90 Å². The van der Waals surface area contributed by atoms with Gasteiger partial charge in [0.25, 0.3) is 5.56 Å². The molecule has 0 N–H and O–H groups in total. The van der Waals surface area contributed by atoms with Crippen LogP contribution in [0.1, 0.15) is 31.3 Å². The van der Waals surface area contributed by atoms with Crippen molar-refractivity contribution >= 4 is 16.6 Å². The van der Waals surface area contributed by atoms with Crippen LogP contribution in [0.25, 0.3) is 10.9 Å². The highest BCUT2D eigenvalue weighted by molar-refractivity contribution is 5.81. The second kappa shape index (κ2) is 7.67. The molecule has 1 aliphatic heterocycles. The standard InChI is InChI=1S/C21H26N6O/c1-15(2)27-14-24-20-10-18(4-5-19(20)21(27)28)26-8-6-25(7-9-26)13-17-11-22-16(3)23-12-17/h4-5,10-12,14-15H,6-9,13H2,1-3H3. The summed E-state index contributed by atoms with van der Waals surface area (Å²) in [5.74, 6) is 0.804. The molecular weight excluding hydrogens is 352 g/mol. The average Bonchev–Trinajstić information content (AvgIpc) is 2.70. The molecule has 0 amide bonds. The molecule has 1 saturated heterocycles. The van der Waals surface area contributed by atoms with Crippen molar-refractivity contribution in [3.8, 4) is 0 Å². The van der Waals surface area contributed by atoms with E-state index in [0.717, 1.165) is 55.3 Å². The second-order valence-corrected chi connectivity index (χ2v) is 7.65. The zero-order valence-corrected chi connectivity index (χ0v) is 16.7. The predicted molar refractivity (Wildman–Crippen MR) is 111 cm³/mol. The Balaban J connectivity index is 1.45. The number of hydrogen-bond acceptors (Lipinski definition) is 6. The first-order chi connectivity index (χ1) is 13.5. The lowest BCUT2D eigenvalue weighted by atomic mass is 10.2. The van der Waals surface area contributed by atoms with Crippen LogP contribution in [0.5, 0.6) is 0 Å². The third-order valence-electron chi connectivity index (χ3n) is 5.30. The SMILES string of the molecule is Cc1ncc(CN2CCN(c3ccc4c(=O)n(C(C)C)cnc4c3)CC2)cn1. The number of aryl methyl sites for hydroxylation is 1. The third-order valence-corrected chi connectivity index (χ3v) is 5.30. The normalized spacial score (nSPS) is 15.5. The number of aromatic nitrogens is 4. The van der Waals surface area contributed by atoms with Crippen molar-refractivity contribution < 1.29 is 0 Å². The van der Waals surface area contributed by atoms with Gasteiger partial charge in [-0.1, -0.05) is 0 Å². The van der Waals surface area contributed by atoms with Crippen molar-refractivity contribution in [3.63, 3.8) is 0 Å². The maximum Gasteiger partial charge on any atom is 0.261 e. The Morgan fingerprint density at radius 2 is 1.75 bits per heavy atom. The summed E-state index contributed by atoms with van der Waals surface area (Å²) in [4.78, 5) is 30.4. The zero-order chi connectivity index (χ0) is 19.7. The number of piperazine rings is 1. The van der Waals surface area contributed by atoms with Crippen LogP contribution in [0.15, 0.2) is 41.7 Å². The van der Waals surface area contributed by atoms with Crippen LogP contribution in [-0.4, -0.2) is 50.6 Å². The maximum absolute atomic E-state index is 12.6. The molecule has 0 radical (unpaired) electrons. The van der Waals surface area contributed by atoms with Crippen molar-refractivity contribution in [3.05, 3.63) is 58.7 Å². The number of rotatable bonds is 4. The predicted octanol–water partition coefficient (Wildman–Crippen LogP) is 2.40. The second-order valence-electron chi connectivity index (χ2n) is 7.65. The quantitative estimate of drug-likeness (QED) is 0.695. The Labute approximate surface area is 164 Å². The van der Waals surface area contributed by atoms with Gasteiger partial charge in [0.05, 0.1) is 17.2 Å². The van der Waals surface area contributed by atoms with E-state index >= 15 is 0 Å². The number of fused-ring (bicyclic) bond motifs is 1. The lowest BCUT2D eigenvalue weighted by Gasteiger charge is -2.36. The van der Waals surface area contributed by atoms with Crippen LogP contribution in [0, 0.1) is 6.92 Å². The van der Waals surface area contributed by atoms with Crippen molar-refractivity contribution in [2.75, 3.05) is 31.1 Å². The van der Waals surface area contributed by atoms with E-state index in [-0.39, 0.29) is 11.6 Å². The monoisotopic (exact) mass is 378 g/mol. The smallest absolute Gasteiger partial charge is 0.261 e. The molecule has 146 valence electrons. The first kappa shape index (κ1) is 18.6. The van der Waals surface area contributed by atoms with E-state index in [1.165, 1.54) is 0 Å².